The van der Waals surface area contributed by atoms with Crippen LogP contribution in [0.2, 0.25) is 0 Å². The third-order valence-electron chi connectivity index (χ3n) is 3.03. The van der Waals surface area contributed by atoms with Crippen molar-refractivity contribution in [2.75, 3.05) is 12.3 Å². The van der Waals surface area contributed by atoms with Crippen molar-refractivity contribution in [3.8, 4) is 5.75 Å². The molecule has 3 rings (SSSR count). The van der Waals surface area contributed by atoms with Crippen LogP contribution < -0.4 is 10.5 Å². The summed E-state index contributed by atoms with van der Waals surface area (Å²) in [5.74, 6) is 1.16. The Bertz CT molecular complexity index is 550. The highest BCUT2D eigenvalue weighted by molar-refractivity contribution is 5.51. The number of hydrogen-bond acceptors (Lipinski definition) is 4. The summed E-state index contributed by atoms with van der Waals surface area (Å²) in [6.45, 7) is 0.667. The van der Waals surface area contributed by atoms with Crippen LogP contribution in [0, 0.1) is 0 Å². The fourth-order valence-corrected chi connectivity index (χ4v) is 2.15. The van der Waals surface area contributed by atoms with Gasteiger partial charge in [0.15, 0.2) is 0 Å². The van der Waals surface area contributed by atoms with Crippen LogP contribution in [0.5, 0.6) is 5.75 Å². The number of ether oxygens (including phenoxy) is 1. The van der Waals surface area contributed by atoms with E-state index in [1.807, 2.05) is 18.2 Å². The zero-order valence-corrected chi connectivity index (χ0v) is 9.18. The zero-order chi connectivity index (χ0) is 11.8. The van der Waals surface area contributed by atoms with Crippen molar-refractivity contribution in [2.24, 2.45) is 0 Å². The number of benzene rings is 1. The lowest BCUT2D eigenvalue weighted by molar-refractivity contribution is 0.214. The number of nitrogens with one attached hydrogen (secondary N) is 1. The minimum Gasteiger partial charge on any atom is -0.493 e. The number of aliphatic hydroxyl groups is 1. The van der Waals surface area contributed by atoms with E-state index in [0.717, 1.165) is 23.3 Å². The van der Waals surface area contributed by atoms with E-state index < -0.39 is 6.10 Å². The highest BCUT2D eigenvalue weighted by Gasteiger charge is 2.23. The molecule has 1 aromatic heterocycles. The van der Waals surface area contributed by atoms with Crippen molar-refractivity contribution in [2.45, 2.75) is 12.5 Å². The van der Waals surface area contributed by atoms with E-state index in [4.69, 9.17) is 10.5 Å². The molecule has 1 atom stereocenters. The fraction of sp³-hybridized carbons (Fsp3) is 0.250. The van der Waals surface area contributed by atoms with Gasteiger partial charge in [0.2, 0.25) is 0 Å². The van der Waals surface area contributed by atoms with Gasteiger partial charge in [-0.25, -0.2) is 0 Å². The minimum absolute atomic E-state index is 0.383. The number of nitrogens with two attached hydrogens (primary N) is 1. The molecule has 1 unspecified atom stereocenters. The summed E-state index contributed by atoms with van der Waals surface area (Å²) in [4.78, 5) is 0. The molecule has 4 N–H and O–H groups in total. The van der Waals surface area contributed by atoms with Gasteiger partial charge in [-0.3, -0.25) is 5.10 Å². The van der Waals surface area contributed by atoms with Crippen molar-refractivity contribution in [1.82, 2.24) is 10.2 Å². The van der Waals surface area contributed by atoms with Gasteiger partial charge in [0.1, 0.15) is 17.7 Å². The monoisotopic (exact) mass is 231 g/mol. The van der Waals surface area contributed by atoms with Gasteiger partial charge in [0.05, 0.1) is 12.8 Å². The number of anilines is 1. The molecule has 88 valence electrons. The number of hydrogen-bond donors (Lipinski definition) is 3. The van der Waals surface area contributed by atoms with Crippen LogP contribution in [0.4, 0.5) is 5.82 Å². The molecule has 1 aliphatic rings. The smallest absolute Gasteiger partial charge is 0.128 e. The van der Waals surface area contributed by atoms with Crippen LogP contribution >= 0.6 is 0 Å². The van der Waals surface area contributed by atoms with E-state index >= 15 is 0 Å². The molecular formula is C12H13N3O2. The molecule has 0 amide bonds. The maximum absolute atomic E-state index is 10.3. The molecule has 1 aromatic carbocycles. The molecule has 2 aromatic rings. The highest BCUT2D eigenvalue weighted by atomic mass is 16.5. The van der Waals surface area contributed by atoms with Gasteiger partial charge in [-0.05, 0) is 5.56 Å². The van der Waals surface area contributed by atoms with Gasteiger partial charge in [-0.2, -0.15) is 5.10 Å². The summed E-state index contributed by atoms with van der Waals surface area (Å²) in [6.07, 6.45) is 1.62. The van der Waals surface area contributed by atoms with Crippen LogP contribution in [-0.4, -0.2) is 21.9 Å². The van der Waals surface area contributed by atoms with Crippen LogP contribution in [0.1, 0.15) is 22.8 Å². The Morgan fingerprint density at radius 2 is 2.29 bits per heavy atom. The van der Waals surface area contributed by atoms with Crippen molar-refractivity contribution in [3.63, 3.8) is 0 Å². The second-order valence-electron chi connectivity index (χ2n) is 4.08. The number of H-pyrrole nitrogens is 1. The first kappa shape index (κ1) is 10.2. The zero-order valence-electron chi connectivity index (χ0n) is 9.18. The minimum atomic E-state index is -0.804. The summed E-state index contributed by atoms with van der Waals surface area (Å²) >= 11 is 0. The predicted molar refractivity (Wildman–Crippen MR) is 62.7 cm³/mol. The van der Waals surface area contributed by atoms with Crippen molar-refractivity contribution < 1.29 is 9.84 Å². The van der Waals surface area contributed by atoms with Gasteiger partial charge in [0.25, 0.3) is 0 Å². The number of rotatable bonds is 2. The largest absolute Gasteiger partial charge is 0.493 e. The lowest BCUT2D eigenvalue weighted by Gasteiger charge is -2.13. The summed E-state index contributed by atoms with van der Waals surface area (Å²) < 4.78 is 5.56. The highest BCUT2D eigenvalue weighted by Crippen LogP contribution is 2.36. The average molecular weight is 231 g/mol. The van der Waals surface area contributed by atoms with Crippen molar-refractivity contribution in [3.05, 3.63) is 41.1 Å². The quantitative estimate of drug-likeness (QED) is 0.720. The molecule has 5 nitrogen and oxygen atoms in total. The molecule has 0 fully saturated rings. The molecule has 17 heavy (non-hydrogen) atoms. The van der Waals surface area contributed by atoms with Crippen LogP contribution in [0.3, 0.4) is 0 Å². The van der Waals surface area contributed by atoms with Gasteiger partial charge in [-0.15, -0.1) is 0 Å². The first-order valence-electron chi connectivity index (χ1n) is 5.49. The number of nitrogens with zero attached hydrogens (tertiary/aromatic N) is 1. The molecule has 0 saturated heterocycles. The van der Waals surface area contributed by atoms with Gasteiger partial charge in [0, 0.05) is 17.5 Å². The molecule has 0 spiro atoms. The number of aliphatic hydroxyl groups excluding tert-OH is 1. The average Bonchev–Trinajstić information content (AvgIpc) is 2.95. The van der Waals surface area contributed by atoms with E-state index in [1.54, 1.807) is 0 Å². The number of nitrogen functional groups attached to an aromatic ring is 1. The number of fused-ring (bicyclic) bond motifs is 1. The third-order valence-corrected chi connectivity index (χ3v) is 3.03. The lowest BCUT2D eigenvalue weighted by Crippen LogP contribution is -2.04. The summed E-state index contributed by atoms with van der Waals surface area (Å²) in [7, 11) is 0. The Labute approximate surface area is 98.2 Å². The Balaban J connectivity index is 2.05. The predicted octanol–water partition coefficient (Wildman–Crippen LogP) is 1.01. The van der Waals surface area contributed by atoms with E-state index in [0.29, 0.717) is 18.0 Å². The maximum Gasteiger partial charge on any atom is 0.128 e. The topological polar surface area (TPSA) is 84.2 Å². The Morgan fingerprint density at radius 1 is 1.41 bits per heavy atom. The molecular weight excluding hydrogens is 218 g/mol. The van der Waals surface area contributed by atoms with Crippen LogP contribution in [0.15, 0.2) is 24.4 Å². The number of aromatic amines is 1. The third kappa shape index (κ3) is 1.55. The molecule has 0 saturated carbocycles. The maximum atomic E-state index is 10.3. The second-order valence-corrected chi connectivity index (χ2v) is 4.08. The van der Waals surface area contributed by atoms with E-state index in [-0.39, 0.29) is 0 Å². The second kappa shape index (κ2) is 3.78. The van der Waals surface area contributed by atoms with E-state index in [1.165, 1.54) is 6.20 Å². The van der Waals surface area contributed by atoms with Crippen molar-refractivity contribution >= 4 is 5.82 Å². The van der Waals surface area contributed by atoms with Gasteiger partial charge in [-0.1, -0.05) is 18.2 Å². The molecule has 0 bridgehead atoms. The summed E-state index contributed by atoms with van der Waals surface area (Å²) in [5, 5.41) is 16.7. The molecule has 5 heteroatoms. The summed E-state index contributed by atoms with van der Waals surface area (Å²) in [5.41, 5.74) is 8.15. The Morgan fingerprint density at radius 3 is 3.06 bits per heavy atom. The Kier molecular flexibility index (Phi) is 2.26. The van der Waals surface area contributed by atoms with Gasteiger partial charge < -0.3 is 15.6 Å². The fourth-order valence-electron chi connectivity index (χ4n) is 2.15. The van der Waals surface area contributed by atoms with Crippen molar-refractivity contribution in [1.29, 1.82) is 0 Å². The van der Waals surface area contributed by atoms with Crippen LogP contribution in [-0.2, 0) is 6.42 Å². The van der Waals surface area contributed by atoms with E-state index in [2.05, 4.69) is 10.2 Å². The first-order valence-corrected chi connectivity index (χ1v) is 5.49. The summed E-state index contributed by atoms with van der Waals surface area (Å²) in [6, 6.07) is 5.78. The number of aromatic nitrogens is 2. The first-order chi connectivity index (χ1) is 8.27. The SMILES string of the molecule is Nc1[nH]ncc1C(O)c1cccc2c1OCC2. The normalized spacial score (nSPS) is 15.4. The number of para-hydroxylation sites is 1. The standard InChI is InChI=1S/C12H13N3O2/c13-12-9(6-14-15-12)10(16)8-3-1-2-7-4-5-17-11(7)8/h1-3,6,10,16H,4-5H2,(H3,13,14,15). The van der Waals surface area contributed by atoms with Gasteiger partial charge >= 0.3 is 0 Å². The van der Waals surface area contributed by atoms with Crippen LogP contribution in [0.25, 0.3) is 0 Å². The lowest BCUT2D eigenvalue weighted by atomic mass is 10.00. The molecule has 1 aliphatic heterocycles. The molecule has 0 aliphatic carbocycles. The molecule has 2 heterocycles. The molecule has 0 radical (unpaired) electrons. The Hall–Kier alpha value is -2.01. The van der Waals surface area contributed by atoms with E-state index in [9.17, 15) is 5.11 Å².